The number of imide groups is 1. The number of nitro groups is 1. The molecule has 1 aliphatic heterocycles. The van der Waals surface area contributed by atoms with Crippen molar-refractivity contribution in [2.24, 2.45) is 0 Å². The molecular weight excluding hydrogens is 383 g/mol. The minimum atomic E-state index is -0.598. The molecule has 2 aromatic carbocycles. The number of non-ortho nitro benzene ring substituents is 1. The molecule has 0 N–H and O–H groups in total. The average Bonchev–Trinajstić information content (AvgIpc) is 2.86. The normalized spacial score (nSPS) is 15.8. The molecule has 0 bridgehead atoms. The van der Waals surface area contributed by atoms with Gasteiger partial charge in [0.15, 0.2) is 0 Å². The van der Waals surface area contributed by atoms with Crippen molar-refractivity contribution < 1.29 is 18.9 Å². The number of hydrogen-bond donors (Lipinski definition) is 0. The van der Waals surface area contributed by atoms with Gasteiger partial charge in [0.05, 0.1) is 21.4 Å². The predicted molar refractivity (Wildman–Crippen MR) is 96.0 cm³/mol. The van der Waals surface area contributed by atoms with Crippen LogP contribution in [0.1, 0.15) is 11.1 Å². The third kappa shape index (κ3) is 3.61. The van der Waals surface area contributed by atoms with Crippen LogP contribution >= 0.6 is 23.4 Å². The fourth-order valence-electron chi connectivity index (χ4n) is 2.32. The quantitative estimate of drug-likeness (QED) is 0.430. The highest BCUT2D eigenvalue weighted by Crippen LogP contribution is 2.35. The van der Waals surface area contributed by atoms with E-state index in [0.717, 1.165) is 4.90 Å². The maximum Gasteiger partial charge on any atom is 0.293 e. The third-order valence-electron chi connectivity index (χ3n) is 3.64. The number of rotatable bonds is 4. The molecule has 6 nitrogen and oxygen atoms in total. The summed E-state index contributed by atoms with van der Waals surface area (Å²) in [5, 5.41) is 10.3. The Morgan fingerprint density at radius 2 is 1.88 bits per heavy atom. The van der Waals surface area contributed by atoms with Crippen molar-refractivity contribution in [2.75, 3.05) is 0 Å². The highest BCUT2D eigenvalue weighted by molar-refractivity contribution is 8.18. The van der Waals surface area contributed by atoms with E-state index in [4.69, 9.17) is 11.6 Å². The Labute approximate surface area is 156 Å². The van der Waals surface area contributed by atoms with E-state index < -0.39 is 21.9 Å². The number of amides is 2. The number of nitrogens with zero attached hydrogens (tertiary/aromatic N) is 2. The lowest BCUT2D eigenvalue weighted by Crippen LogP contribution is -2.27. The molecule has 132 valence electrons. The molecule has 1 fully saturated rings. The van der Waals surface area contributed by atoms with Crippen LogP contribution in [0.25, 0.3) is 6.08 Å². The fourth-order valence-corrected chi connectivity index (χ4v) is 3.36. The molecule has 2 amide bonds. The number of benzene rings is 2. The highest BCUT2D eigenvalue weighted by Gasteiger charge is 2.35. The Morgan fingerprint density at radius 1 is 1.19 bits per heavy atom. The molecule has 0 radical (unpaired) electrons. The Hall–Kier alpha value is -2.71. The lowest BCUT2D eigenvalue weighted by molar-refractivity contribution is -0.384. The molecule has 26 heavy (non-hydrogen) atoms. The summed E-state index contributed by atoms with van der Waals surface area (Å²) in [5.41, 5.74) is 0.509. The zero-order valence-electron chi connectivity index (χ0n) is 13.0. The predicted octanol–water partition coefficient (Wildman–Crippen LogP) is 4.62. The molecule has 1 heterocycles. The van der Waals surface area contributed by atoms with Crippen LogP contribution in [-0.4, -0.2) is 21.0 Å². The standard InChI is InChI=1S/C17H10ClFN2O4S/c18-13-2-1-3-14(19)12(13)8-15-16(22)20(17(23)26-15)9-10-4-6-11(7-5-10)21(24)25/h1-8H,9H2/b15-8-. The van der Waals surface area contributed by atoms with E-state index >= 15 is 0 Å². The van der Waals surface area contributed by atoms with Gasteiger partial charge in [0, 0.05) is 17.7 Å². The first-order valence-electron chi connectivity index (χ1n) is 7.29. The topological polar surface area (TPSA) is 80.5 Å². The van der Waals surface area contributed by atoms with Gasteiger partial charge < -0.3 is 0 Å². The van der Waals surface area contributed by atoms with Gasteiger partial charge in [0.2, 0.25) is 0 Å². The van der Waals surface area contributed by atoms with Crippen molar-refractivity contribution in [3.05, 3.63) is 79.5 Å². The molecule has 0 aliphatic carbocycles. The van der Waals surface area contributed by atoms with Crippen LogP contribution in [0.4, 0.5) is 14.9 Å². The fraction of sp³-hybridized carbons (Fsp3) is 0.0588. The monoisotopic (exact) mass is 392 g/mol. The zero-order chi connectivity index (χ0) is 18.8. The molecule has 0 aromatic heterocycles. The van der Waals surface area contributed by atoms with Crippen LogP contribution in [0.2, 0.25) is 5.02 Å². The lowest BCUT2D eigenvalue weighted by Gasteiger charge is -2.12. The van der Waals surface area contributed by atoms with Crippen LogP contribution in [0.3, 0.4) is 0 Å². The van der Waals surface area contributed by atoms with Crippen molar-refractivity contribution in [2.45, 2.75) is 6.54 Å². The number of carbonyl (C=O) groups is 2. The van der Waals surface area contributed by atoms with Gasteiger partial charge in [-0.1, -0.05) is 29.8 Å². The number of hydrogen-bond acceptors (Lipinski definition) is 5. The molecule has 0 unspecified atom stereocenters. The van der Waals surface area contributed by atoms with E-state index in [2.05, 4.69) is 0 Å². The summed E-state index contributed by atoms with van der Waals surface area (Å²) in [7, 11) is 0. The van der Waals surface area contributed by atoms with E-state index in [-0.39, 0.29) is 27.7 Å². The molecule has 0 spiro atoms. The minimum Gasteiger partial charge on any atom is -0.268 e. The van der Waals surface area contributed by atoms with Gasteiger partial charge in [-0.3, -0.25) is 24.6 Å². The van der Waals surface area contributed by atoms with Gasteiger partial charge in [0.1, 0.15) is 5.82 Å². The number of nitro benzene ring substituents is 1. The van der Waals surface area contributed by atoms with Gasteiger partial charge in [-0.15, -0.1) is 0 Å². The maximum absolute atomic E-state index is 13.9. The minimum absolute atomic E-state index is 0.0367. The van der Waals surface area contributed by atoms with E-state index in [9.17, 15) is 24.1 Å². The van der Waals surface area contributed by atoms with E-state index in [0.29, 0.717) is 17.3 Å². The van der Waals surface area contributed by atoms with Crippen molar-refractivity contribution in [3.63, 3.8) is 0 Å². The highest BCUT2D eigenvalue weighted by atomic mass is 35.5. The molecule has 1 saturated heterocycles. The first kappa shape index (κ1) is 18.1. The second kappa shape index (κ2) is 7.27. The lowest BCUT2D eigenvalue weighted by atomic mass is 10.1. The maximum atomic E-state index is 13.9. The van der Waals surface area contributed by atoms with E-state index in [1.807, 2.05) is 0 Å². The van der Waals surface area contributed by atoms with Crippen LogP contribution in [0, 0.1) is 15.9 Å². The van der Waals surface area contributed by atoms with Crippen LogP contribution in [-0.2, 0) is 11.3 Å². The summed E-state index contributed by atoms with van der Waals surface area (Å²) < 4.78 is 13.9. The molecule has 1 aliphatic rings. The van der Waals surface area contributed by atoms with E-state index in [1.165, 1.54) is 48.5 Å². The summed E-state index contributed by atoms with van der Waals surface area (Å²) in [5.74, 6) is -1.17. The second-order valence-electron chi connectivity index (χ2n) is 5.33. The van der Waals surface area contributed by atoms with Crippen LogP contribution in [0.5, 0.6) is 0 Å². The van der Waals surface area contributed by atoms with Crippen molar-refractivity contribution in [1.29, 1.82) is 0 Å². The number of halogens is 2. The first-order chi connectivity index (χ1) is 12.4. The first-order valence-corrected chi connectivity index (χ1v) is 8.49. The van der Waals surface area contributed by atoms with Crippen molar-refractivity contribution in [1.82, 2.24) is 4.90 Å². The van der Waals surface area contributed by atoms with Gasteiger partial charge in [-0.2, -0.15) is 0 Å². The summed E-state index contributed by atoms with van der Waals surface area (Å²) in [4.78, 5) is 35.8. The summed E-state index contributed by atoms with van der Waals surface area (Å²) in [6, 6.07) is 9.66. The van der Waals surface area contributed by atoms with Crippen LogP contribution in [0.15, 0.2) is 47.4 Å². The smallest absolute Gasteiger partial charge is 0.268 e. The van der Waals surface area contributed by atoms with E-state index in [1.54, 1.807) is 0 Å². The summed E-state index contributed by atoms with van der Waals surface area (Å²) in [6.45, 7) is -0.0367. The van der Waals surface area contributed by atoms with Gasteiger partial charge in [-0.25, -0.2) is 4.39 Å². The zero-order valence-corrected chi connectivity index (χ0v) is 14.6. The SMILES string of the molecule is O=C1S/C(=C\c2c(F)cccc2Cl)C(=O)N1Cc1ccc([N+](=O)[O-])cc1. The molecular formula is C17H10ClFN2O4S. The second-order valence-corrected chi connectivity index (χ2v) is 6.73. The molecule has 0 atom stereocenters. The Kier molecular flexibility index (Phi) is 5.06. The molecule has 0 saturated carbocycles. The van der Waals surface area contributed by atoms with Gasteiger partial charge in [-0.05, 0) is 35.5 Å². The van der Waals surface area contributed by atoms with Crippen molar-refractivity contribution in [3.8, 4) is 0 Å². The number of thioether (sulfide) groups is 1. The summed E-state index contributed by atoms with van der Waals surface area (Å²) in [6.07, 6.45) is 1.25. The Bertz CT molecular complexity index is 926. The van der Waals surface area contributed by atoms with Gasteiger partial charge >= 0.3 is 0 Å². The molecule has 3 rings (SSSR count). The Balaban J connectivity index is 1.83. The molecule has 9 heteroatoms. The third-order valence-corrected chi connectivity index (χ3v) is 4.87. The Morgan fingerprint density at radius 3 is 2.50 bits per heavy atom. The van der Waals surface area contributed by atoms with Crippen molar-refractivity contribution >= 4 is 46.3 Å². The molecule has 2 aromatic rings. The number of carbonyl (C=O) groups excluding carboxylic acids is 2. The summed E-state index contributed by atoms with van der Waals surface area (Å²) >= 11 is 6.63. The van der Waals surface area contributed by atoms with Crippen LogP contribution < -0.4 is 0 Å². The van der Waals surface area contributed by atoms with Gasteiger partial charge in [0.25, 0.3) is 16.8 Å². The average molecular weight is 393 g/mol. The largest absolute Gasteiger partial charge is 0.293 e.